The lowest BCUT2D eigenvalue weighted by molar-refractivity contribution is -0.150. The van der Waals surface area contributed by atoms with E-state index in [1.54, 1.807) is 0 Å². The predicted octanol–water partition coefficient (Wildman–Crippen LogP) is 0.807. The summed E-state index contributed by atoms with van der Waals surface area (Å²) in [5.41, 5.74) is 0. The summed E-state index contributed by atoms with van der Waals surface area (Å²) < 4.78 is 10.0. The zero-order valence-electron chi connectivity index (χ0n) is 9.76. The van der Waals surface area contributed by atoms with Crippen molar-refractivity contribution in [3.05, 3.63) is 11.5 Å². The molecule has 1 rings (SSSR count). The average Bonchev–Trinajstić information content (AvgIpc) is 2.58. The average molecular weight is 246 g/mol. The fourth-order valence-electron chi connectivity index (χ4n) is 1.54. The van der Waals surface area contributed by atoms with Gasteiger partial charge in [-0.1, -0.05) is 19.8 Å². The van der Waals surface area contributed by atoms with Crippen molar-refractivity contribution in [2.45, 2.75) is 38.4 Å². The van der Waals surface area contributed by atoms with Gasteiger partial charge in [-0.05, 0) is 6.42 Å². The Morgan fingerprint density at radius 2 is 2.12 bits per heavy atom. The molecular formula is C11H18O6. The topological polar surface area (TPSA) is 96.2 Å². The van der Waals surface area contributed by atoms with Gasteiger partial charge in [-0.15, -0.1) is 0 Å². The van der Waals surface area contributed by atoms with Gasteiger partial charge in [0.15, 0.2) is 11.9 Å². The highest BCUT2D eigenvalue weighted by Crippen LogP contribution is 2.23. The molecule has 6 nitrogen and oxygen atoms in total. The summed E-state index contributed by atoms with van der Waals surface area (Å²) >= 11 is 0. The molecule has 0 spiro atoms. The number of hydrogen-bond donors (Lipinski definition) is 3. The van der Waals surface area contributed by atoms with Gasteiger partial charge >= 0.3 is 5.97 Å². The number of hydrogen-bond acceptors (Lipinski definition) is 6. The summed E-state index contributed by atoms with van der Waals surface area (Å²) in [4.78, 5) is 11.0. The molecule has 1 aliphatic heterocycles. The van der Waals surface area contributed by atoms with Gasteiger partial charge < -0.3 is 24.8 Å². The number of carbonyl (C=O) groups is 1. The van der Waals surface area contributed by atoms with Crippen LogP contribution in [0.15, 0.2) is 11.5 Å². The van der Waals surface area contributed by atoms with Crippen LogP contribution in [0, 0.1) is 0 Å². The lowest BCUT2D eigenvalue weighted by Crippen LogP contribution is -2.34. The van der Waals surface area contributed by atoms with Crippen LogP contribution in [0.2, 0.25) is 0 Å². The van der Waals surface area contributed by atoms with E-state index >= 15 is 0 Å². The SMILES string of the molecule is CCCCCO[C@@H](CO)[C@H]1OC(=O)C(O)=C1O. The van der Waals surface area contributed by atoms with Crippen LogP contribution in [0.5, 0.6) is 0 Å². The van der Waals surface area contributed by atoms with Crippen molar-refractivity contribution in [2.24, 2.45) is 0 Å². The van der Waals surface area contributed by atoms with Crippen LogP contribution in [0.3, 0.4) is 0 Å². The number of cyclic esters (lactones) is 1. The highest BCUT2D eigenvalue weighted by molar-refractivity contribution is 5.89. The van der Waals surface area contributed by atoms with Crippen molar-refractivity contribution in [3.63, 3.8) is 0 Å². The Morgan fingerprint density at radius 1 is 1.41 bits per heavy atom. The number of rotatable bonds is 7. The first-order chi connectivity index (χ1) is 8.11. The van der Waals surface area contributed by atoms with Crippen molar-refractivity contribution in [1.82, 2.24) is 0 Å². The Kier molecular flexibility index (Phi) is 5.24. The molecule has 0 bridgehead atoms. The first kappa shape index (κ1) is 13.8. The molecule has 1 aliphatic rings. The van der Waals surface area contributed by atoms with Gasteiger partial charge in [-0.2, -0.15) is 0 Å². The van der Waals surface area contributed by atoms with E-state index in [4.69, 9.17) is 19.7 Å². The maximum atomic E-state index is 11.0. The van der Waals surface area contributed by atoms with Crippen LogP contribution in [0.25, 0.3) is 0 Å². The molecule has 0 aromatic heterocycles. The van der Waals surface area contributed by atoms with E-state index in [1.165, 1.54) is 0 Å². The minimum absolute atomic E-state index is 0.401. The normalized spacial score (nSPS) is 21.8. The van der Waals surface area contributed by atoms with E-state index in [0.29, 0.717) is 6.61 Å². The molecule has 17 heavy (non-hydrogen) atoms. The summed E-state index contributed by atoms with van der Waals surface area (Å²) in [5.74, 6) is -2.39. The summed E-state index contributed by atoms with van der Waals surface area (Å²) in [7, 11) is 0. The largest absolute Gasteiger partial charge is 0.505 e. The van der Waals surface area contributed by atoms with Crippen molar-refractivity contribution in [1.29, 1.82) is 0 Å². The van der Waals surface area contributed by atoms with Gasteiger partial charge in [0, 0.05) is 6.61 Å². The van der Waals surface area contributed by atoms with Crippen LogP contribution in [-0.2, 0) is 14.3 Å². The van der Waals surface area contributed by atoms with Crippen molar-refractivity contribution >= 4 is 5.97 Å². The van der Waals surface area contributed by atoms with Crippen molar-refractivity contribution in [3.8, 4) is 0 Å². The molecule has 0 aliphatic carbocycles. The number of esters is 1. The molecule has 0 unspecified atom stereocenters. The van der Waals surface area contributed by atoms with Crippen LogP contribution in [-0.4, -0.2) is 46.7 Å². The van der Waals surface area contributed by atoms with E-state index in [-0.39, 0.29) is 0 Å². The summed E-state index contributed by atoms with van der Waals surface area (Å²) in [5, 5.41) is 27.6. The maximum absolute atomic E-state index is 11.0. The van der Waals surface area contributed by atoms with E-state index < -0.39 is 36.3 Å². The van der Waals surface area contributed by atoms with E-state index in [0.717, 1.165) is 19.3 Å². The molecule has 0 saturated carbocycles. The van der Waals surface area contributed by atoms with Gasteiger partial charge in [-0.25, -0.2) is 4.79 Å². The molecule has 6 heteroatoms. The third kappa shape index (κ3) is 3.34. The zero-order valence-corrected chi connectivity index (χ0v) is 9.76. The monoisotopic (exact) mass is 246 g/mol. The first-order valence-corrected chi connectivity index (χ1v) is 5.67. The third-order valence-corrected chi connectivity index (χ3v) is 2.54. The molecule has 1 heterocycles. The Balaban J connectivity index is 2.49. The van der Waals surface area contributed by atoms with Crippen LogP contribution >= 0.6 is 0 Å². The second-order valence-electron chi connectivity index (χ2n) is 3.86. The summed E-state index contributed by atoms with van der Waals surface area (Å²) in [6.45, 7) is 2.05. The third-order valence-electron chi connectivity index (χ3n) is 2.54. The standard InChI is InChI=1S/C11H18O6/c1-2-3-4-5-16-7(6-12)10-8(13)9(14)11(15)17-10/h7,10,12-14H,2-6H2,1H3/t7-,10+/m0/s1. The van der Waals surface area contributed by atoms with Gasteiger partial charge in [0.05, 0.1) is 6.61 Å². The number of aliphatic hydroxyl groups is 3. The Morgan fingerprint density at radius 3 is 2.59 bits per heavy atom. The first-order valence-electron chi connectivity index (χ1n) is 5.67. The quantitative estimate of drug-likeness (QED) is 0.454. The number of carbonyl (C=O) groups excluding carboxylic acids is 1. The van der Waals surface area contributed by atoms with Gasteiger partial charge in [0.25, 0.3) is 0 Å². The van der Waals surface area contributed by atoms with Crippen LogP contribution in [0.4, 0.5) is 0 Å². The molecule has 0 aromatic carbocycles. The summed E-state index contributed by atoms with van der Waals surface area (Å²) in [6.07, 6.45) is 0.895. The van der Waals surface area contributed by atoms with E-state index in [1.807, 2.05) is 0 Å². The lowest BCUT2D eigenvalue weighted by atomic mass is 10.2. The predicted molar refractivity (Wildman–Crippen MR) is 58.5 cm³/mol. The molecule has 98 valence electrons. The fourth-order valence-corrected chi connectivity index (χ4v) is 1.54. The lowest BCUT2D eigenvalue weighted by Gasteiger charge is -2.20. The number of aliphatic hydroxyl groups excluding tert-OH is 3. The van der Waals surface area contributed by atoms with Gasteiger partial charge in [0.2, 0.25) is 5.76 Å². The number of unbranched alkanes of at least 4 members (excludes halogenated alkanes) is 2. The molecular weight excluding hydrogens is 228 g/mol. The van der Waals surface area contributed by atoms with Crippen LogP contribution in [0.1, 0.15) is 26.2 Å². The second-order valence-corrected chi connectivity index (χ2v) is 3.86. The fraction of sp³-hybridized carbons (Fsp3) is 0.727. The van der Waals surface area contributed by atoms with E-state index in [2.05, 4.69) is 6.92 Å². The Hall–Kier alpha value is -1.27. The molecule has 3 N–H and O–H groups in total. The minimum atomic E-state index is -1.12. The van der Waals surface area contributed by atoms with Crippen molar-refractivity contribution in [2.75, 3.05) is 13.2 Å². The van der Waals surface area contributed by atoms with Gasteiger partial charge in [0.1, 0.15) is 6.10 Å². The molecule has 2 atom stereocenters. The molecule has 0 fully saturated rings. The van der Waals surface area contributed by atoms with Crippen LogP contribution < -0.4 is 0 Å². The highest BCUT2D eigenvalue weighted by atomic mass is 16.6. The number of ether oxygens (including phenoxy) is 2. The Bertz CT molecular complexity index is 298. The van der Waals surface area contributed by atoms with Gasteiger partial charge in [-0.3, -0.25) is 0 Å². The maximum Gasteiger partial charge on any atom is 0.377 e. The zero-order chi connectivity index (χ0) is 12.8. The minimum Gasteiger partial charge on any atom is -0.505 e. The smallest absolute Gasteiger partial charge is 0.377 e. The van der Waals surface area contributed by atoms with E-state index in [9.17, 15) is 9.90 Å². The molecule has 0 aromatic rings. The highest BCUT2D eigenvalue weighted by Gasteiger charge is 2.40. The molecule has 0 saturated heterocycles. The second kappa shape index (κ2) is 6.46. The Labute approximate surface area is 99.5 Å². The molecule has 0 radical (unpaired) electrons. The molecule has 0 amide bonds. The summed E-state index contributed by atoms with van der Waals surface area (Å²) in [6, 6.07) is 0. The van der Waals surface area contributed by atoms with Crippen molar-refractivity contribution < 1.29 is 29.6 Å².